The van der Waals surface area contributed by atoms with Gasteiger partial charge in [0.1, 0.15) is 0 Å². The van der Waals surface area contributed by atoms with Crippen LogP contribution in [0.1, 0.15) is 12.8 Å². The number of carboxylic acids is 1. The summed E-state index contributed by atoms with van der Waals surface area (Å²) in [5.41, 5.74) is 0. The van der Waals surface area contributed by atoms with Crippen LogP contribution >= 0.6 is 0 Å². The molecule has 0 aromatic heterocycles. The van der Waals surface area contributed by atoms with Crippen LogP contribution in [0, 0.1) is 0 Å². The van der Waals surface area contributed by atoms with Gasteiger partial charge in [0.2, 0.25) is 0 Å². The van der Waals surface area contributed by atoms with Crippen molar-refractivity contribution in [2.24, 2.45) is 0 Å². The molecule has 0 fully saturated rings. The number of carboxylic acid groups (broad SMARTS) is 1. The lowest BCUT2D eigenvalue weighted by Gasteiger charge is -1.97. The highest BCUT2D eigenvalue weighted by molar-refractivity contribution is 5.68. The molecule has 0 aliphatic carbocycles. The number of nitrogens with one attached hydrogen (secondary N) is 1. The molecule has 0 amide bonds. The minimum atomic E-state index is -0.875. The largest absolute Gasteiger partial charge is 0.480 e. The van der Waals surface area contributed by atoms with E-state index in [-0.39, 0.29) is 13.2 Å². The van der Waals surface area contributed by atoms with Gasteiger partial charge < -0.3 is 10.4 Å². The highest BCUT2D eigenvalue weighted by Crippen LogP contribution is 1.85. The maximum Gasteiger partial charge on any atom is 0.317 e. The minimum Gasteiger partial charge on any atom is -0.480 e. The van der Waals surface area contributed by atoms with E-state index in [1.54, 1.807) is 0 Å². The van der Waals surface area contributed by atoms with Crippen LogP contribution in [-0.2, 0) is 4.79 Å². The van der Waals surface area contributed by atoms with Crippen molar-refractivity contribution in [1.29, 1.82) is 0 Å². The van der Waals surface area contributed by atoms with Gasteiger partial charge in [-0.05, 0) is 19.4 Å². The summed E-state index contributed by atoms with van der Waals surface area (Å²) in [4.78, 5) is 9.90. The number of halogens is 1. The molecule has 0 saturated heterocycles. The van der Waals surface area contributed by atoms with E-state index in [9.17, 15) is 9.18 Å². The summed E-state index contributed by atoms with van der Waals surface area (Å²) >= 11 is 0. The molecule has 10 heavy (non-hydrogen) atoms. The first-order valence-electron chi connectivity index (χ1n) is 3.26. The molecule has 0 radical (unpaired) electrons. The van der Waals surface area contributed by atoms with Gasteiger partial charge in [-0.1, -0.05) is 0 Å². The lowest BCUT2D eigenvalue weighted by atomic mass is 10.3. The average Bonchev–Trinajstić information content (AvgIpc) is 1.87. The van der Waals surface area contributed by atoms with Crippen LogP contribution in [0.3, 0.4) is 0 Å². The molecule has 0 aliphatic rings. The Morgan fingerprint density at radius 3 is 2.70 bits per heavy atom. The lowest BCUT2D eigenvalue weighted by molar-refractivity contribution is -0.135. The summed E-state index contributed by atoms with van der Waals surface area (Å²) in [7, 11) is 0. The molecular formula is C6H12FNO2. The van der Waals surface area contributed by atoms with Crippen molar-refractivity contribution in [3.63, 3.8) is 0 Å². The molecule has 0 aromatic rings. The molecule has 0 spiro atoms. The summed E-state index contributed by atoms with van der Waals surface area (Å²) in [5, 5.41) is 10.8. The topological polar surface area (TPSA) is 49.3 Å². The molecule has 0 bridgehead atoms. The zero-order chi connectivity index (χ0) is 7.82. The second-order valence-corrected chi connectivity index (χ2v) is 1.97. The van der Waals surface area contributed by atoms with E-state index in [0.29, 0.717) is 19.4 Å². The number of aliphatic carboxylic acids is 1. The minimum absolute atomic E-state index is 0.0354. The summed E-state index contributed by atoms with van der Waals surface area (Å²) in [5.74, 6) is -0.875. The van der Waals surface area contributed by atoms with Crippen LogP contribution in [0.25, 0.3) is 0 Å². The van der Waals surface area contributed by atoms with E-state index in [0.717, 1.165) is 0 Å². The average molecular weight is 149 g/mol. The molecule has 0 atom stereocenters. The number of carbonyl (C=O) groups is 1. The van der Waals surface area contributed by atoms with E-state index in [1.165, 1.54) is 0 Å². The Labute approximate surface area is 59.2 Å². The van der Waals surface area contributed by atoms with Crippen LogP contribution < -0.4 is 5.32 Å². The maximum absolute atomic E-state index is 11.4. The Balaban J connectivity index is 2.84. The standard InChI is InChI=1S/C6H12FNO2/c7-3-1-2-4-8-5-6(9)10/h8H,1-5H2,(H,9,10). The fourth-order valence-electron chi connectivity index (χ4n) is 0.540. The Hall–Kier alpha value is -0.640. The van der Waals surface area contributed by atoms with Gasteiger partial charge in [-0.15, -0.1) is 0 Å². The Kier molecular flexibility index (Phi) is 6.06. The van der Waals surface area contributed by atoms with Crippen molar-refractivity contribution in [2.75, 3.05) is 19.8 Å². The normalized spacial score (nSPS) is 9.70. The third kappa shape index (κ3) is 7.36. The summed E-state index contributed by atoms with van der Waals surface area (Å²) in [6, 6.07) is 0. The molecule has 0 aliphatic heterocycles. The summed E-state index contributed by atoms with van der Waals surface area (Å²) < 4.78 is 11.4. The van der Waals surface area contributed by atoms with E-state index < -0.39 is 5.97 Å². The predicted octanol–water partition coefficient (Wildman–Crippen LogP) is 0.410. The molecule has 0 rings (SSSR count). The number of hydrogen-bond donors (Lipinski definition) is 2. The van der Waals surface area contributed by atoms with Gasteiger partial charge in [0.25, 0.3) is 0 Å². The number of rotatable bonds is 6. The van der Waals surface area contributed by atoms with Gasteiger partial charge >= 0.3 is 5.97 Å². The molecule has 2 N–H and O–H groups in total. The van der Waals surface area contributed by atoms with E-state index in [1.807, 2.05) is 0 Å². The van der Waals surface area contributed by atoms with E-state index in [4.69, 9.17) is 5.11 Å². The Bertz CT molecular complexity index is 97.7. The molecule has 3 nitrogen and oxygen atoms in total. The first-order valence-corrected chi connectivity index (χ1v) is 3.26. The lowest BCUT2D eigenvalue weighted by Crippen LogP contribution is -2.23. The van der Waals surface area contributed by atoms with Crippen molar-refractivity contribution >= 4 is 5.97 Å². The highest BCUT2D eigenvalue weighted by atomic mass is 19.1. The Morgan fingerprint density at radius 1 is 1.50 bits per heavy atom. The molecule has 0 aromatic carbocycles. The van der Waals surface area contributed by atoms with Gasteiger partial charge in [0.15, 0.2) is 0 Å². The predicted molar refractivity (Wildman–Crippen MR) is 35.7 cm³/mol. The van der Waals surface area contributed by atoms with Gasteiger partial charge in [0, 0.05) is 0 Å². The molecule has 0 heterocycles. The van der Waals surface area contributed by atoms with Crippen molar-refractivity contribution < 1.29 is 14.3 Å². The van der Waals surface area contributed by atoms with Crippen LogP contribution in [0.2, 0.25) is 0 Å². The van der Waals surface area contributed by atoms with Crippen molar-refractivity contribution in [1.82, 2.24) is 5.32 Å². The van der Waals surface area contributed by atoms with E-state index in [2.05, 4.69) is 5.32 Å². The smallest absolute Gasteiger partial charge is 0.317 e. The monoisotopic (exact) mass is 149 g/mol. The van der Waals surface area contributed by atoms with Crippen LogP contribution in [0.4, 0.5) is 4.39 Å². The maximum atomic E-state index is 11.4. The molecule has 0 saturated carbocycles. The summed E-state index contributed by atoms with van der Waals surface area (Å²) in [6.07, 6.45) is 1.20. The van der Waals surface area contributed by atoms with Crippen molar-refractivity contribution in [3.05, 3.63) is 0 Å². The van der Waals surface area contributed by atoms with Gasteiger partial charge in [0.05, 0.1) is 13.2 Å². The molecule has 0 unspecified atom stereocenters. The van der Waals surface area contributed by atoms with Crippen molar-refractivity contribution in [3.8, 4) is 0 Å². The van der Waals surface area contributed by atoms with Gasteiger partial charge in [-0.3, -0.25) is 9.18 Å². The molecule has 4 heteroatoms. The Morgan fingerprint density at radius 2 is 2.20 bits per heavy atom. The SMILES string of the molecule is O=C(O)CNCCCCF. The third-order valence-electron chi connectivity index (χ3n) is 1.01. The highest BCUT2D eigenvalue weighted by Gasteiger charge is 1.93. The van der Waals surface area contributed by atoms with E-state index >= 15 is 0 Å². The van der Waals surface area contributed by atoms with Crippen LogP contribution in [0.15, 0.2) is 0 Å². The fourth-order valence-corrected chi connectivity index (χ4v) is 0.540. The third-order valence-corrected chi connectivity index (χ3v) is 1.01. The number of alkyl halides is 1. The molecular weight excluding hydrogens is 137 g/mol. The molecule has 60 valence electrons. The fraction of sp³-hybridized carbons (Fsp3) is 0.833. The number of hydrogen-bond acceptors (Lipinski definition) is 2. The summed E-state index contributed by atoms with van der Waals surface area (Å²) in [6.45, 7) is 0.220. The van der Waals surface area contributed by atoms with Crippen LogP contribution in [0.5, 0.6) is 0 Å². The van der Waals surface area contributed by atoms with Crippen molar-refractivity contribution in [2.45, 2.75) is 12.8 Å². The van der Waals surface area contributed by atoms with Crippen LogP contribution in [-0.4, -0.2) is 30.8 Å². The first-order chi connectivity index (χ1) is 4.77. The zero-order valence-electron chi connectivity index (χ0n) is 5.77. The number of unbranched alkanes of at least 4 members (excludes halogenated alkanes) is 1. The quantitative estimate of drug-likeness (QED) is 0.538. The van der Waals surface area contributed by atoms with Gasteiger partial charge in [-0.2, -0.15) is 0 Å². The second-order valence-electron chi connectivity index (χ2n) is 1.97. The van der Waals surface area contributed by atoms with Gasteiger partial charge in [-0.25, -0.2) is 0 Å². The zero-order valence-corrected chi connectivity index (χ0v) is 5.77. The first kappa shape index (κ1) is 9.36. The second kappa shape index (κ2) is 6.48.